The molecule has 0 aliphatic carbocycles. The molecule has 17 heavy (non-hydrogen) atoms. The van der Waals surface area contributed by atoms with Crippen LogP contribution in [0.3, 0.4) is 0 Å². The minimum absolute atomic E-state index is 0.307. The zero-order chi connectivity index (χ0) is 12.4. The number of hydrogen-bond acceptors (Lipinski definition) is 3. The lowest BCUT2D eigenvalue weighted by Gasteiger charge is -2.20. The van der Waals surface area contributed by atoms with Gasteiger partial charge in [-0.1, -0.05) is 0 Å². The predicted octanol–water partition coefficient (Wildman–Crippen LogP) is 3.87. The highest BCUT2D eigenvalue weighted by atomic mass is 79.9. The van der Waals surface area contributed by atoms with Gasteiger partial charge in [-0.15, -0.1) is 11.3 Å². The summed E-state index contributed by atoms with van der Waals surface area (Å²) in [4.78, 5) is 3.23. The number of nitrogens with two attached hydrogens (primary N) is 1. The van der Waals surface area contributed by atoms with Gasteiger partial charge >= 0.3 is 0 Å². The molecule has 1 aromatic heterocycles. The van der Waals surface area contributed by atoms with Gasteiger partial charge in [0.1, 0.15) is 5.82 Å². The fourth-order valence-electron chi connectivity index (χ4n) is 1.63. The molecule has 2 aromatic rings. The van der Waals surface area contributed by atoms with Gasteiger partial charge in [0.05, 0.1) is 17.9 Å². The smallest absolute Gasteiger partial charge is 0.125 e. The molecule has 2 N–H and O–H groups in total. The van der Waals surface area contributed by atoms with E-state index >= 15 is 0 Å². The fraction of sp³-hybridized carbons (Fsp3) is 0.167. The number of halogens is 2. The average Bonchev–Trinajstić information content (AvgIpc) is 2.63. The van der Waals surface area contributed by atoms with Crippen molar-refractivity contribution in [2.45, 2.75) is 6.54 Å². The van der Waals surface area contributed by atoms with Crippen LogP contribution in [0.25, 0.3) is 0 Å². The maximum atomic E-state index is 12.9. The Morgan fingerprint density at radius 2 is 2.18 bits per heavy atom. The predicted molar refractivity (Wildman–Crippen MR) is 74.9 cm³/mol. The molecule has 1 aromatic carbocycles. The lowest BCUT2D eigenvalue weighted by Crippen LogP contribution is -2.17. The Kier molecular flexibility index (Phi) is 3.69. The Labute approximate surface area is 112 Å². The summed E-state index contributed by atoms with van der Waals surface area (Å²) in [6.07, 6.45) is 0. The van der Waals surface area contributed by atoms with E-state index in [0.29, 0.717) is 5.69 Å². The van der Waals surface area contributed by atoms with Gasteiger partial charge in [-0.05, 0) is 40.2 Å². The molecule has 2 rings (SSSR count). The van der Waals surface area contributed by atoms with Crippen molar-refractivity contribution >= 4 is 38.6 Å². The number of rotatable bonds is 3. The van der Waals surface area contributed by atoms with E-state index in [0.717, 1.165) is 16.7 Å². The second-order valence-corrected chi connectivity index (χ2v) is 5.70. The van der Waals surface area contributed by atoms with Crippen LogP contribution in [0.1, 0.15) is 4.88 Å². The summed E-state index contributed by atoms with van der Waals surface area (Å²) in [7, 11) is 1.94. The fourth-order valence-corrected chi connectivity index (χ4v) is 3.13. The average molecular weight is 315 g/mol. The minimum atomic E-state index is -0.307. The highest BCUT2D eigenvalue weighted by Gasteiger charge is 2.08. The second-order valence-electron chi connectivity index (χ2n) is 3.79. The zero-order valence-corrected chi connectivity index (χ0v) is 11.7. The van der Waals surface area contributed by atoms with Gasteiger partial charge in [-0.25, -0.2) is 4.39 Å². The van der Waals surface area contributed by atoms with Crippen LogP contribution in [0.4, 0.5) is 15.8 Å². The first-order valence-corrected chi connectivity index (χ1v) is 6.72. The van der Waals surface area contributed by atoms with Crippen molar-refractivity contribution in [1.29, 1.82) is 0 Å². The van der Waals surface area contributed by atoms with Gasteiger partial charge in [-0.2, -0.15) is 0 Å². The maximum absolute atomic E-state index is 12.9. The molecule has 5 heteroatoms. The molecule has 0 fully saturated rings. The van der Waals surface area contributed by atoms with Crippen molar-refractivity contribution < 1.29 is 4.39 Å². The first-order chi connectivity index (χ1) is 8.06. The lowest BCUT2D eigenvalue weighted by molar-refractivity contribution is 0.628. The lowest BCUT2D eigenvalue weighted by atomic mass is 10.2. The number of anilines is 2. The number of benzene rings is 1. The molecule has 1 heterocycles. The summed E-state index contributed by atoms with van der Waals surface area (Å²) in [5.74, 6) is -0.307. The standard InChI is InChI=1S/C12H12BrFN2S/c1-16(6-10-4-8(13)7-17-10)12-3-2-9(14)5-11(12)15/h2-5,7H,6,15H2,1H3. The van der Waals surface area contributed by atoms with E-state index in [4.69, 9.17) is 5.73 Å². The molecule has 0 spiro atoms. The van der Waals surface area contributed by atoms with E-state index in [-0.39, 0.29) is 5.82 Å². The van der Waals surface area contributed by atoms with Crippen molar-refractivity contribution in [2.24, 2.45) is 0 Å². The van der Waals surface area contributed by atoms with E-state index in [1.807, 2.05) is 17.3 Å². The van der Waals surface area contributed by atoms with Crippen LogP contribution < -0.4 is 10.6 Å². The van der Waals surface area contributed by atoms with E-state index in [9.17, 15) is 4.39 Å². The van der Waals surface area contributed by atoms with Gasteiger partial charge < -0.3 is 10.6 Å². The Balaban J connectivity index is 2.17. The highest BCUT2D eigenvalue weighted by molar-refractivity contribution is 9.10. The molecule has 0 amide bonds. The molecular weight excluding hydrogens is 303 g/mol. The Hall–Kier alpha value is -1.07. The van der Waals surface area contributed by atoms with Crippen LogP contribution in [-0.4, -0.2) is 7.05 Å². The number of nitrogens with zero attached hydrogens (tertiary/aromatic N) is 1. The third-order valence-corrected chi connectivity index (χ3v) is 4.10. The van der Waals surface area contributed by atoms with Gasteiger partial charge in [0, 0.05) is 21.8 Å². The Morgan fingerprint density at radius 1 is 1.41 bits per heavy atom. The minimum Gasteiger partial charge on any atom is -0.397 e. The van der Waals surface area contributed by atoms with Crippen LogP contribution in [0.15, 0.2) is 34.1 Å². The van der Waals surface area contributed by atoms with Crippen LogP contribution >= 0.6 is 27.3 Å². The number of hydrogen-bond donors (Lipinski definition) is 1. The van der Waals surface area contributed by atoms with Crippen LogP contribution in [0, 0.1) is 5.82 Å². The largest absolute Gasteiger partial charge is 0.397 e. The van der Waals surface area contributed by atoms with E-state index < -0.39 is 0 Å². The number of thiophene rings is 1. The first kappa shape index (κ1) is 12.4. The van der Waals surface area contributed by atoms with E-state index in [1.165, 1.54) is 17.0 Å². The first-order valence-electron chi connectivity index (χ1n) is 5.05. The molecule has 2 nitrogen and oxygen atoms in total. The van der Waals surface area contributed by atoms with E-state index in [1.54, 1.807) is 17.4 Å². The van der Waals surface area contributed by atoms with Crippen molar-refractivity contribution in [3.8, 4) is 0 Å². The van der Waals surface area contributed by atoms with E-state index in [2.05, 4.69) is 22.0 Å². The highest BCUT2D eigenvalue weighted by Crippen LogP contribution is 2.27. The molecule has 0 bridgehead atoms. The SMILES string of the molecule is CN(Cc1cc(Br)cs1)c1ccc(F)cc1N. The van der Waals surface area contributed by atoms with Crippen molar-refractivity contribution in [3.05, 3.63) is 44.8 Å². The van der Waals surface area contributed by atoms with Gasteiger partial charge in [0.2, 0.25) is 0 Å². The van der Waals surface area contributed by atoms with Crippen LogP contribution in [-0.2, 0) is 6.54 Å². The van der Waals surface area contributed by atoms with Crippen molar-refractivity contribution in [3.63, 3.8) is 0 Å². The third-order valence-electron chi connectivity index (χ3n) is 2.42. The molecule has 0 radical (unpaired) electrons. The summed E-state index contributed by atoms with van der Waals surface area (Å²) >= 11 is 5.10. The summed E-state index contributed by atoms with van der Waals surface area (Å²) in [6, 6.07) is 6.54. The Bertz CT molecular complexity index is 527. The summed E-state index contributed by atoms with van der Waals surface area (Å²) in [5, 5.41) is 2.04. The molecule has 0 atom stereocenters. The van der Waals surface area contributed by atoms with Gasteiger partial charge in [-0.3, -0.25) is 0 Å². The summed E-state index contributed by atoms with van der Waals surface area (Å²) < 4.78 is 14.0. The molecule has 0 saturated carbocycles. The second kappa shape index (κ2) is 5.06. The normalized spacial score (nSPS) is 10.5. The maximum Gasteiger partial charge on any atom is 0.125 e. The third kappa shape index (κ3) is 2.98. The summed E-state index contributed by atoms with van der Waals surface area (Å²) in [6.45, 7) is 0.756. The van der Waals surface area contributed by atoms with Crippen molar-refractivity contribution in [2.75, 3.05) is 17.7 Å². The van der Waals surface area contributed by atoms with Crippen molar-refractivity contribution in [1.82, 2.24) is 0 Å². The zero-order valence-electron chi connectivity index (χ0n) is 9.28. The number of nitrogen functional groups attached to an aromatic ring is 1. The topological polar surface area (TPSA) is 29.3 Å². The molecule has 0 unspecified atom stereocenters. The van der Waals surface area contributed by atoms with Crippen LogP contribution in [0.2, 0.25) is 0 Å². The quantitative estimate of drug-likeness (QED) is 0.871. The molecule has 0 saturated heterocycles. The molecular formula is C12H12BrFN2S. The molecule has 0 aliphatic heterocycles. The van der Waals surface area contributed by atoms with Gasteiger partial charge in [0.25, 0.3) is 0 Å². The van der Waals surface area contributed by atoms with Crippen LogP contribution in [0.5, 0.6) is 0 Å². The Morgan fingerprint density at radius 3 is 2.76 bits per heavy atom. The molecule has 90 valence electrons. The monoisotopic (exact) mass is 314 g/mol. The summed E-state index contributed by atoms with van der Waals surface area (Å²) in [5.41, 5.74) is 7.10. The molecule has 0 aliphatic rings. The van der Waals surface area contributed by atoms with Gasteiger partial charge in [0.15, 0.2) is 0 Å².